The summed E-state index contributed by atoms with van der Waals surface area (Å²) in [6.45, 7) is 5.55. The smallest absolute Gasteiger partial charge is 0.246 e. The van der Waals surface area contributed by atoms with Crippen molar-refractivity contribution in [3.8, 4) is 17.2 Å². The van der Waals surface area contributed by atoms with Crippen LogP contribution in [0.3, 0.4) is 0 Å². The molecule has 0 bridgehead atoms. The molecule has 132 valence electrons. The van der Waals surface area contributed by atoms with Gasteiger partial charge in [0, 0.05) is 12.6 Å². The van der Waals surface area contributed by atoms with Gasteiger partial charge in [0.05, 0.1) is 6.61 Å². The number of carbonyl (C=O) groups is 2. The molecule has 0 aliphatic carbocycles. The molecular weight excluding hydrogens is 320 g/mol. The Balaban J connectivity index is 1.93. The highest BCUT2D eigenvalue weighted by molar-refractivity contribution is 5.96. The van der Waals surface area contributed by atoms with Crippen LogP contribution < -0.4 is 20.1 Å². The first kappa shape index (κ1) is 18.3. The summed E-state index contributed by atoms with van der Waals surface area (Å²) in [6, 6.07) is 13.7. The number of benzene rings is 2. The Kier molecular flexibility index (Phi) is 6.39. The third kappa shape index (κ3) is 5.84. The molecule has 2 aromatic rings. The third-order valence-corrected chi connectivity index (χ3v) is 3.31. The van der Waals surface area contributed by atoms with Gasteiger partial charge in [-0.2, -0.15) is 0 Å². The Morgan fingerprint density at radius 1 is 0.960 bits per heavy atom. The largest absolute Gasteiger partial charge is 0.494 e. The predicted octanol–water partition coefficient (Wildman–Crippen LogP) is 3.34. The zero-order chi connectivity index (χ0) is 18.2. The molecule has 0 radical (unpaired) electrons. The summed E-state index contributed by atoms with van der Waals surface area (Å²) in [5.74, 6) is 1.61. The summed E-state index contributed by atoms with van der Waals surface area (Å²) in [5.41, 5.74) is 0.626. The van der Waals surface area contributed by atoms with E-state index in [1.54, 1.807) is 31.2 Å². The topological polar surface area (TPSA) is 76.7 Å². The van der Waals surface area contributed by atoms with Crippen LogP contribution in [0.15, 0.2) is 48.5 Å². The molecule has 2 aromatic carbocycles. The fraction of sp³-hybridized carbons (Fsp3) is 0.263. The number of carbonyl (C=O) groups excluding carboxylic acids is 2. The van der Waals surface area contributed by atoms with E-state index in [0.29, 0.717) is 23.8 Å². The molecule has 1 atom stereocenters. The quantitative estimate of drug-likeness (QED) is 0.809. The highest BCUT2D eigenvalue weighted by Gasteiger charge is 2.13. The maximum Gasteiger partial charge on any atom is 0.246 e. The van der Waals surface area contributed by atoms with Crippen LogP contribution in [0, 0.1) is 0 Å². The number of nitrogens with one attached hydrogen (secondary N) is 2. The second-order valence-electron chi connectivity index (χ2n) is 5.44. The highest BCUT2D eigenvalue weighted by atomic mass is 16.5. The molecule has 2 rings (SSSR count). The molecule has 0 fully saturated rings. The Morgan fingerprint density at radius 2 is 1.48 bits per heavy atom. The van der Waals surface area contributed by atoms with Gasteiger partial charge in [-0.15, -0.1) is 0 Å². The monoisotopic (exact) mass is 342 g/mol. The average Bonchev–Trinajstić information content (AvgIpc) is 2.58. The molecule has 2 amide bonds. The van der Waals surface area contributed by atoms with Crippen molar-refractivity contribution in [2.24, 2.45) is 0 Å². The Labute approximate surface area is 147 Å². The van der Waals surface area contributed by atoms with Gasteiger partial charge < -0.3 is 20.1 Å². The van der Waals surface area contributed by atoms with Crippen LogP contribution in [0.2, 0.25) is 0 Å². The van der Waals surface area contributed by atoms with Gasteiger partial charge in [0.2, 0.25) is 11.8 Å². The van der Waals surface area contributed by atoms with E-state index in [1.807, 2.05) is 31.2 Å². The van der Waals surface area contributed by atoms with Crippen molar-refractivity contribution in [1.29, 1.82) is 0 Å². The van der Waals surface area contributed by atoms with E-state index in [9.17, 15) is 9.59 Å². The molecule has 0 spiro atoms. The fourth-order valence-corrected chi connectivity index (χ4v) is 2.13. The van der Waals surface area contributed by atoms with E-state index >= 15 is 0 Å². The maximum absolute atomic E-state index is 11.9. The molecule has 6 nitrogen and oxygen atoms in total. The van der Waals surface area contributed by atoms with Gasteiger partial charge in [0.25, 0.3) is 0 Å². The zero-order valence-corrected chi connectivity index (χ0v) is 14.5. The lowest BCUT2D eigenvalue weighted by Crippen LogP contribution is -2.40. The van der Waals surface area contributed by atoms with E-state index in [1.165, 1.54) is 6.92 Å². The minimum atomic E-state index is -0.600. The van der Waals surface area contributed by atoms with E-state index < -0.39 is 6.04 Å². The lowest BCUT2D eigenvalue weighted by molar-refractivity contribution is -0.124. The van der Waals surface area contributed by atoms with Crippen LogP contribution in [0.5, 0.6) is 17.2 Å². The summed E-state index contributed by atoms with van der Waals surface area (Å²) < 4.78 is 11.1. The third-order valence-electron chi connectivity index (χ3n) is 3.31. The van der Waals surface area contributed by atoms with E-state index in [-0.39, 0.29) is 11.8 Å². The van der Waals surface area contributed by atoms with Crippen molar-refractivity contribution in [3.63, 3.8) is 0 Å². The van der Waals surface area contributed by atoms with E-state index in [4.69, 9.17) is 9.47 Å². The van der Waals surface area contributed by atoms with Gasteiger partial charge in [-0.25, -0.2) is 0 Å². The molecule has 2 N–H and O–H groups in total. The molecule has 25 heavy (non-hydrogen) atoms. The minimum Gasteiger partial charge on any atom is -0.494 e. The molecule has 0 saturated carbocycles. The van der Waals surface area contributed by atoms with Gasteiger partial charge in [0.1, 0.15) is 23.3 Å². The summed E-state index contributed by atoms with van der Waals surface area (Å²) in [7, 11) is 0. The van der Waals surface area contributed by atoms with Gasteiger partial charge in [-0.05, 0) is 62.4 Å². The molecule has 0 heterocycles. The summed E-state index contributed by atoms with van der Waals surface area (Å²) in [6.07, 6.45) is 0. The summed E-state index contributed by atoms with van der Waals surface area (Å²) in [4.78, 5) is 22.9. The Hall–Kier alpha value is -3.02. The molecular formula is C19H22N2O4. The highest BCUT2D eigenvalue weighted by Crippen LogP contribution is 2.25. The number of hydrogen-bond acceptors (Lipinski definition) is 4. The molecule has 0 saturated heterocycles. The van der Waals surface area contributed by atoms with E-state index in [0.717, 1.165) is 5.75 Å². The lowest BCUT2D eigenvalue weighted by Gasteiger charge is -2.13. The van der Waals surface area contributed by atoms with Crippen molar-refractivity contribution in [1.82, 2.24) is 5.32 Å². The number of anilines is 1. The van der Waals surface area contributed by atoms with Crippen molar-refractivity contribution >= 4 is 17.5 Å². The number of hydrogen-bond donors (Lipinski definition) is 2. The van der Waals surface area contributed by atoms with Crippen molar-refractivity contribution in [2.75, 3.05) is 11.9 Å². The van der Waals surface area contributed by atoms with Crippen LogP contribution in [-0.2, 0) is 9.59 Å². The summed E-state index contributed by atoms with van der Waals surface area (Å²) in [5, 5.41) is 5.27. The number of ether oxygens (including phenoxy) is 2. The van der Waals surface area contributed by atoms with Crippen LogP contribution in [0.4, 0.5) is 5.69 Å². The lowest BCUT2D eigenvalue weighted by atomic mass is 10.2. The summed E-state index contributed by atoms with van der Waals surface area (Å²) >= 11 is 0. The molecule has 0 unspecified atom stereocenters. The average molecular weight is 342 g/mol. The van der Waals surface area contributed by atoms with Crippen LogP contribution in [0.25, 0.3) is 0 Å². The van der Waals surface area contributed by atoms with Crippen molar-refractivity contribution in [2.45, 2.75) is 26.8 Å². The standard InChI is InChI=1S/C19H22N2O4/c1-4-24-16-9-11-18(12-10-16)25-17-7-5-15(6-8-17)21-19(23)13(2)20-14(3)22/h5-13H,4H2,1-3H3,(H,20,22)(H,21,23)/t13-/m0/s1. The van der Waals surface area contributed by atoms with Gasteiger partial charge >= 0.3 is 0 Å². The van der Waals surface area contributed by atoms with Crippen LogP contribution >= 0.6 is 0 Å². The Morgan fingerprint density at radius 3 is 2.00 bits per heavy atom. The first-order valence-corrected chi connectivity index (χ1v) is 8.06. The molecule has 0 aliphatic heterocycles. The van der Waals surface area contributed by atoms with Gasteiger partial charge in [0.15, 0.2) is 0 Å². The SMILES string of the molecule is CCOc1ccc(Oc2ccc(NC(=O)[C@H](C)NC(C)=O)cc2)cc1. The zero-order valence-electron chi connectivity index (χ0n) is 14.5. The second-order valence-corrected chi connectivity index (χ2v) is 5.44. The fourth-order valence-electron chi connectivity index (χ4n) is 2.13. The molecule has 6 heteroatoms. The molecule has 0 aromatic heterocycles. The number of amides is 2. The first-order valence-electron chi connectivity index (χ1n) is 8.06. The number of rotatable bonds is 7. The second kappa shape index (κ2) is 8.73. The van der Waals surface area contributed by atoms with Crippen LogP contribution in [-0.4, -0.2) is 24.5 Å². The maximum atomic E-state index is 11.9. The van der Waals surface area contributed by atoms with Crippen LogP contribution in [0.1, 0.15) is 20.8 Å². The van der Waals surface area contributed by atoms with Gasteiger partial charge in [-0.1, -0.05) is 0 Å². The predicted molar refractivity (Wildman–Crippen MR) is 96.0 cm³/mol. The Bertz CT molecular complexity index is 711. The minimum absolute atomic E-state index is 0.248. The normalized spacial score (nSPS) is 11.3. The van der Waals surface area contributed by atoms with Gasteiger partial charge in [-0.3, -0.25) is 9.59 Å². The van der Waals surface area contributed by atoms with Crippen molar-refractivity contribution in [3.05, 3.63) is 48.5 Å². The first-order chi connectivity index (χ1) is 12.0. The molecule has 0 aliphatic rings. The van der Waals surface area contributed by atoms with E-state index in [2.05, 4.69) is 10.6 Å². The van der Waals surface area contributed by atoms with Crippen molar-refractivity contribution < 1.29 is 19.1 Å².